The highest BCUT2D eigenvalue weighted by Crippen LogP contribution is 2.29. The van der Waals surface area contributed by atoms with E-state index in [1.807, 2.05) is 49.4 Å². The fourth-order valence-corrected chi connectivity index (χ4v) is 4.36. The molecule has 8 heteroatoms. The number of nitrogens with two attached hydrogens (primary N) is 1. The van der Waals surface area contributed by atoms with Gasteiger partial charge in [-0.2, -0.15) is 0 Å². The maximum absolute atomic E-state index is 6.19. The molecule has 2 N–H and O–H groups in total. The lowest BCUT2D eigenvalue weighted by atomic mass is 10.2. The lowest BCUT2D eigenvalue weighted by Crippen LogP contribution is -2.11. The van der Waals surface area contributed by atoms with E-state index in [0.29, 0.717) is 23.3 Å². The monoisotopic (exact) mass is 383 g/mol. The van der Waals surface area contributed by atoms with Gasteiger partial charge in [0.1, 0.15) is 10.8 Å². The third kappa shape index (κ3) is 3.38. The van der Waals surface area contributed by atoms with E-state index >= 15 is 0 Å². The Hall–Kier alpha value is -2.58. The molecule has 0 saturated heterocycles. The smallest absolute Gasteiger partial charge is 0.210 e. The predicted octanol–water partition coefficient (Wildman–Crippen LogP) is 3.96. The van der Waals surface area contributed by atoms with E-state index in [-0.39, 0.29) is 0 Å². The van der Waals surface area contributed by atoms with E-state index in [2.05, 4.69) is 21.2 Å². The van der Waals surface area contributed by atoms with Crippen molar-refractivity contribution in [2.75, 3.05) is 12.4 Å². The van der Waals surface area contributed by atoms with Crippen LogP contribution in [0.2, 0.25) is 0 Å². The highest BCUT2D eigenvalue weighted by molar-refractivity contribution is 7.98. The highest BCUT2D eigenvalue weighted by atomic mass is 32.2. The van der Waals surface area contributed by atoms with E-state index < -0.39 is 0 Å². The summed E-state index contributed by atoms with van der Waals surface area (Å²) < 4.78 is 8.17. The molecule has 0 unspecified atom stereocenters. The number of rotatable bonds is 6. The number of thioether (sulfide) groups is 1. The van der Waals surface area contributed by atoms with Gasteiger partial charge in [0.05, 0.1) is 22.6 Å². The van der Waals surface area contributed by atoms with E-state index in [4.69, 9.17) is 10.6 Å². The summed E-state index contributed by atoms with van der Waals surface area (Å²) in [5.41, 5.74) is 1.92. The van der Waals surface area contributed by atoms with Gasteiger partial charge in [-0.1, -0.05) is 23.9 Å². The SMILES string of the molecule is CCOc1ccc(-c2nnc(SCc3nc4ccccc4s3)n2N)cc1. The van der Waals surface area contributed by atoms with Crippen molar-refractivity contribution in [2.45, 2.75) is 17.8 Å². The zero-order valence-electron chi connectivity index (χ0n) is 14.1. The summed E-state index contributed by atoms with van der Waals surface area (Å²) in [7, 11) is 0. The number of hydrogen-bond acceptors (Lipinski definition) is 7. The molecule has 0 aliphatic heterocycles. The van der Waals surface area contributed by atoms with Crippen molar-refractivity contribution in [2.24, 2.45) is 0 Å². The van der Waals surface area contributed by atoms with Crippen LogP contribution in [-0.2, 0) is 5.75 Å². The average Bonchev–Trinajstić information content (AvgIpc) is 3.24. The summed E-state index contributed by atoms with van der Waals surface area (Å²) in [6.45, 7) is 2.60. The zero-order chi connectivity index (χ0) is 17.9. The number of para-hydroxylation sites is 1. The van der Waals surface area contributed by atoms with Gasteiger partial charge < -0.3 is 10.6 Å². The summed E-state index contributed by atoms with van der Waals surface area (Å²) in [5, 5.41) is 10.1. The Balaban J connectivity index is 1.49. The summed E-state index contributed by atoms with van der Waals surface area (Å²) in [4.78, 5) is 4.64. The molecule has 0 saturated carbocycles. The number of ether oxygens (including phenoxy) is 1. The Morgan fingerprint density at radius 1 is 1.12 bits per heavy atom. The van der Waals surface area contributed by atoms with Crippen molar-refractivity contribution in [3.8, 4) is 17.1 Å². The lowest BCUT2D eigenvalue weighted by molar-refractivity contribution is 0.340. The maximum atomic E-state index is 6.19. The van der Waals surface area contributed by atoms with Gasteiger partial charge in [0.25, 0.3) is 0 Å². The number of fused-ring (bicyclic) bond motifs is 1. The number of hydrogen-bond donors (Lipinski definition) is 1. The van der Waals surface area contributed by atoms with Gasteiger partial charge in [0.15, 0.2) is 5.82 Å². The molecule has 0 amide bonds. The van der Waals surface area contributed by atoms with Gasteiger partial charge in [-0.3, -0.25) is 0 Å². The fourth-order valence-electron chi connectivity index (χ4n) is 2.55. The molecule has 26 heavy (non-hydrogen) atoms. The minimum Gasteiger partial charge on any atom is -0.494 e. The number of nitrogens with zero attached hydrogens (tertiary/aromatic N) is 4. The van der Waals surface area contributed by atoms with Gasteiger partial charge in [-0.25, -0.2) is 9.66 Å². The molecule has 2 aromatic carbocycles. The van der Waals surface area contributed by atoms with Crippen molar-refractivity contribution < 1.29 is 4.74 Å². The molecular formula is C18H17N5OS2. The van der Waals surface area contributed by atoms with Crippen LogP contribution < -0.4 is 10.6 Å². The van der Waals surface area contributed by atoms with E-state index in [9.17, 15) is 0 Å². The summed E-state index contributed by atoms with van der Waals surface area (Å²) >= 11 is 3.22. The van der Waals surface area contributed by atoms with Crippen molar-refractivity contribution in [1.29, 1.82) is 0 Å². The Bertz CT molecular complexity index is 993. The fraction of sp³-hybridized carbons (Fsp3) is 0.167. The maximum Gasteiger partial charge on any atom is 0.210 e. The molecule has 0 spiro atoms. The normalized spacial score (nSPS) is 11.1. The standard InChI is InChI=1S/C18H17N5OS2/c1-2-24-13-9-7-12(8-10-13)17-21-22-18(23(17)19)25-11-16-20-14-5-3-4-6-15(14)26-16/h3-10H,2,11,19H2,1H3. The molecule has 0 aliphatic rings. The number of aromatic nitrogens is 4. The topological polar surface area (TPSA) is 78.9 Å². The van der Waals surface area contributed by atoms with E-state index in [0.717, 1.165) is 21.8 Å². The third-order valence-electron chi connectivity index (χ3n) is 3.75. The molecule has 4 aromatic rings. The summed E-state index contributed by atoms with van der Waals surface area (Å²) in [6.07, 6.45) is 0. The highest BCUT2D eigenvalue weighted by Gasteiger charge is 2.13. The van der Waals surface area contributed by atoms with Crippen molar-refractivity contribution in [3.05, 3.63) is 53.5 Å². The largest absolute Gasteiger partial charge is 0.494 e. The van der Waals surface area contributed by atoms with Gasteiger partial charge in [-0.15, -0.1) is 21.5 Å². The van der Waals surface area contributed by atoms with Crippen LogP contribution in [0.1, 0.15) is 11.9 Å². The molecule has 0 atom stereocenters. The van der Waals surface area contributed by atoms with Crippen LogP contribution in [0.4, 0.5) is 0 Å². The Morgan fingerprint density at radius 3 is 2.69 bits per heavy atom. The first-order valence-corrected chi connectivity index (χ1v) is 9.96. The van der Waals surface area contributed by atoms with Gasteiger partial charge in [0, 0.05) is 5.56 Å². The van der Waals surface area contributed by atoms with Gasteiger partial charge >= 0.3 is 0 Å². The van der Waals surface area contributed by atoms with Crippen LogP contribution in [0.3, 0.4) is 0 Å². The summed E-state index contributed by atoms with van der Waals surface area (Å²) in [5.74, 6) is 8.35. The van der Waals surface area contributed by atoms with Crippen molar-refractivity contribution in [1.82, 2.24) is 19.9 Å². The van der Waals surface area contributed by atoms with Crippen LogP contribution in [0.5, 0.6) is 5.75 Å². The predicted molar refractivity (Wildman–Crippen MR) is 106 cm³/mol. The van der Waals surface area contributed by atoms with Crippen LogP contribution in [0, 0.1) is 0 Å². The lowest BCUT2D eigenvalue weighted by Gasteiger charge is -2.05. The molecule has 2 aromatic heterocycles. The molecule has 0 fully saturated rings. The van der Waals surface area contributed by atoms with Gasteiger partial charge in [0.2, 0.25) is 5.16 Å². The molecule has 132 valence electrons. The molecule has 0 bridgehead atoms. The molecule has 0 radical (unpaired) electrons. The minimum absolute atomic E-state index is 0.625. The first-order chi connectivity index (χ1) is 12.7. The number of nitrogen functional groups attached to an aromatic ring is 1. The second-order valence-electron chi connectivity index (χ2n) is 5.50. The third-order valence-corrected chi connectivity index (χ3v) is 5.92. The van der Waals surface area contributed by atoms with Crippen LogP contribution >= 0.6 is 23.1 Å². The van der Waals surface area contributed by atoms with Crippen LogP contribution in [0.25, 0.3) is 21.6 Å². The average molecular weight is 384 g/mol. The Kier molecular flexibility index (Phi) is 4.77. The van der Waals surface area contributed by atoms with Crippen molar-refractivity contribution >= 4 is 33.3 Å². The molecular weight excluding hydrogens is 366 g/mol. The quantitative estimate of drug-likeness (QED) is 0.401. The number of thiazole rings is 1. The van der Waals surface area contributed by atoms with Crippen LogP contribution in [0.15, 0.2) is 53.7 Å². The second kappa shape index (κ2) is 7.35. The Labute approximate surface area is 159 Å². The summed E-state index contributed by atoms with van der Waals surface area (Å²) in [6, 6.07) is 15.8. The Morgan fingerprint density at radius 2 is 1.92 bits per heavy atom. The second-order valence-corrected chi connectivity index (χ2v) is 7.56. The first kappa shape index (κ1) is 16.9. The van der Waals surface area contributed by atoms with E-state index in [1.165, 1.54) is 21.1 Å². The molecule has 6 nitrogen and oxygen atoms in total. The zero-order valence-corrected chi connectivity index (χ0v) is 15.8. The molecule has 0 aliphatic carbocycles. The molecule has 4 rings (SSSR count). The van der Waals surface area contributed by atoms with Gasteiger partial charge in [-0.05, 0) is 43.3 Å². The minimum atomic E-state index is 0.625. The number of benzene rings is 2. The van der Waals surface area contributed by atoms with Crippen LogP contribution in [-0.4, -0.2) is 26.5 Å². The van der Waals surface area contributed by atoms with Crippen molar-refractivity contribution in [3.63, 3.8) is 0 Å². The molecule has 2 heterocycles. The van der Waals surface area contributed by atoms with E-state index in [1.54, 1.807) is 11.3 Å². The first-order valence-electron chi connectivity index (χ1n) is 8.15.